The van der Waals surface area contributed by atoms with Gasteiger partial charge in [-0.25, -0.2) is 0 Å². The molecule has 6 heteroatoms. The highest BCUT2D eigenvalue weighted by atomic mass is 127. The maximum absolute atomic E-state index is 5.91. The first-order chi connectivity index (χ1) is 11.6. The molecule has 136 valence electrons. The first kappa shape index (κ1) is 21.2. The van der Waals surface area contributed by atoms with E-state index >= 15 is 0 Å². The molecule has 2 rings (SSSR count). The van der Waals surface area contributed by atoms with Crippen molar-refractivity contribution in [1.29, 1.82) is 0 Å². The van der Waals surface area contributed by atoms with Gasteiger partial charge in [0.2, 0.25) is 0 Å². The van der Waals surface area contributed by atoms with Crippen LogP contribution in [0.1, 0.15) is 23.9 Å². The maximum Gasteiger partial charge on any atom is 0.191 e. The quantitative estimate of drug-likeness (QED) is 0.399. The molecular formula is C19H27IN4O. The predicted octanol–water partition coefficient (Wildman–Crippen LogP) is 3.45. The monoisotopic (exact) mass is 454 g/mol. The van der Waals surface area contributed by atoms with Crippen LogP contribution in [0.5, 0.6) is 5.75 Å². The number of aromatic nitrogens is 1. The zero-order chi connectivity index (χ0) is 17.4. The van der Waals surface area contributed by atoms with Gasteiger partial charge in [-0.15, -0.1) is 24.0 Å². The SMILES string of the molecule is CN=C(NCc1cccc(C)n1)NCC(C)Oc1cccc(C)c1.I. The van der Waals surface area contributed by atoms with Gasteiger partial charge in [0.25, 0.3) is 0 Å². The Morgan fingerprint density at radius 2 is 1.92 bits per heavy atom. The fraction of sp³-hybridized carbons (Fsp3) is 0.368. The van der Waals surface area contributed by atoms with E-state index in [2.05, 4.69) is 33.6 Å². The van der Waals surface area contributed by atoms with Crippen LogP contribution in [0.25, 0.3) is 0 Å². The second-order valence-electron chi connectivity index (χ2n) is 5.82. The molecule has 1 unspecified atom stereocenters. The number of benzene rings is 1. The van der Waals surface area contributed by atoms with Gasteiger partial charge >= 0.3 is 0 Å². The molecule has 2 N–H and O–H groups in total. The Morgan fingerprint density at radius 1 is 1.16 bits per heavy atom. The Hall–Kier alpha value is -1.83. The molecule has 0 fully saturated rings. The van der Waals surface area contributed by atoms with Crippen molar-refractivity contribution in [1.82, 2.24) is 15.6 Å². The molecule has 0 amide bonds. The largest absolute Gasteiger partial charge is 0.489 e. The van der Waals surface area contributed by atoms with Gasteiger partial charge in [-0.1, -0.05) is 18.2 Å². The lowest BCUT2D eigenvalue weighted by Gasteiger charge is -2.18. The fourth-order valence-electron chi connectivity index (χ4n) is 2.30. The van der Waals surface area contributed by atoms with Gasteiger partial charge in [-0.2, -0.15) is 0 Å². The molecule has 0 saturated heterocycles. The summed E-state index contributed by atoms with van der Waals surface area (Å²) in [5, 5.41) is 6.54. The molecular weight excluding hydrogens is 427 g/mol. The van der Waals surface area contributed by atoms with Crippen LogP contribution in [-0.4, -0.2) is 30.6 Å². The highest BCUT2D eigenvalue weighted by molar-refractivity contribution is 14.0. The average Bonchev–Trinajstić information content (AvgIpc) is 2.55. The van der Waals surface area contributed by atoms with E-state index in [1.165, 1.54) is 5.56 Å². The Morgan fingerprint density at radius 3 is 2.60 bits per heavy atom. The van der Waals surface area contributed by atoms with Gasteiger partial charge in [0.1, 0.15) is 11.9 Å². The normalized spacial score (nSPS) is 12.1. The van der Waals surface area contributed by atoms with Crippen LogP contribution in [0.15, 0.2) is 47.5 Å². The fourth-order valence-corrected chi connectivity index (χ4v) is 2.30. The minimum atomic E-state index is 0. The third-order valence-electron chi connectivity index (χ3n) is 3.49. The number of halogens is 1. The molecule has 25 heavy (non-hydrogen) atoms. The second-order valence-corrected chi connectivity index (χ2v) is 5.82. The summed E-state index contributed by atoms with van der Waals surface area (Å²) in [5.74, 6) is 1.62. The summed E-state index contributed by atoms with van der Waals surface area (Å²) in [6.07, 6.45) is 0.0300. The van der Waals surface area contributed by atoms with Crippen LogP contribution in [0, 0.1) is 13.8 Å². The van der Waals surface area contributed by atoms with E-state index in [0.29, 0.717) is 13.1 Å². The predicted molar refractivity (Wildman–Crippen MR) is 114 cm³/mol. The number of ether oxygens (including phenoxy) is 1. The van der Waals surface area contributed by atoms with E-state index < -0.39 is 0 Å². The Labute approximate surface area is 167 Å². The van der Waals surface area contributed by atoms with E-state index in [9.17, 15) is 0 Å². The van der Waals surface area contributed by atoms with Gasteiger partial charge in [0.15, 0.2) is 5.96 Å². The third-order valence-corrected chi connectivity index (χ3v) is 3.49. The molecule has 1 aromatic heterocycles. The van der Waals surface area contributed by atoms with Gasteiger partial charge in [-0.05, 0) is 50.6 Å². The number of rotatable bonds is 6. The summed E-state index contributed by atoms with van der Waals surface area (Å²) in [7, 11) is 1.76. The van der Waals surface area contributed by atoms with E-state index in [1.807, 2.05) is 50.2 Å². The number of aryl methyl sites for hydroxylation is 2. The summed E-state index contributed by atoms with van der Waals surface area (Å²) in [6.45, 7) is 7.37. The molecule has 0 aliphatic rings. The molecule has 1 atom stereocenters. The minimum absolute atomic E-state index is 0. The molecule has 0 bridgehead atoms. The van der Waals surface area contributed by atoms with Crippen LogP contribution < -0.4 is 15.4 Å². The Bertz CT molecular complexity index is 691. The lowest BCUT2D eigenvalue weighted by Crippen LogP contribution is -2.41. The van der Waals surface area contributed by atoms with Crippen molar-refractivity contribution in [2.45, 2.75) is 33.4 Å². The van der Waals surface area contributed by atoms with E-state index in [0.717, 1.165) is 23.1 Å². The van der Waals surface area contributed by atoms with E-state index in [1.54, 1.807) is 7.05 Å². The van der Waals surface area contributed by atoms with E-state index in [-0.39, 0.29) is 30.1 Å². The lowest BCUT2D eigenvalue weighted by molar-refractivity contribution is 0.223. The molecule has 0 spiro atoms. The molecule has 0 aliphatic carbocycles. The molecule has 2 aromatic rings. The number of pyridine rings is 1. The van der Waals surface area contributed by atoms with Gasteiger partial charge in [-0.3, -0.25) is 9.98 Å². The smallest absolute Gasteiger partial charge is 0.191 e. The molecule has 1 aromatic carbocycles. The van der Waals surface area contributed by atoms with Crippen molar-refractivity contribution in [2.75, 3.05) is 13.6 Å². The Balaban J connectivity index is 0.00000312. The maximum atomic E-state index is 5.91. The number of hydrogen-bond donors (Lipinski definition) is 2. The van der Waals surface area contributed by atoms with Crippen LogP contribution in [-0.2, 0) is 6.54 Å². The average molecular weight is 454 g/mol. The minimum Gasteiger partial charge on any atom is -0.489 e. The zero-order valence-corrected chi connectivity index (χ0v) is 17.6. The van der Waals surface area contributed by atoms with Crippen molar-refractivity contribution >= 4 is 29.9 Å². The van der Waals surface area contributed by atoms with Crippen LogP contribution >= 0.6 is 24.0 Å². The topological polar surface area (TPSA) is 58.5 Å². The third kappa shape index (κ3) is 7.72. The van der Waals surface area contributed by atoms with Crippen LogP contribution in [0.3, 0.4) is 0 Å². The zero-order valence-electron chi connectivity index (χ0n) is 15.2. The lowest BCUT2D eigenvalue weighted by atomic mass is 10.2. The van der Waals surface area contributed by atoms with Crippen LogP contribution in [0.2, 0.25) is 0 Å². The summed E-state index contributed by atoms with van der Waals surface area (Å²) in [6, 6.07) is 14.1. The highest BCUT2D eigenvalue weighted by Crippen LogP contribution is 2.13. The number of guanidine groups is 1. The summed E-state index contributed by atoms with van der Waals surface area (Å²) >= 11 is 0. The number of nitrogens with one attached hydrogen (secondary N) is 2. The number of nitrogens with zero attached hydrogens (tertiary/aromatic N) is 2. The first-order valence-electron chi connectivity index (χ1n) is 8.17. The summed E-state index contributed by atoms with van der Waals surface area (Å²) < 4.78 is 5.91. The van der Waals surface area contributed by atoms with Crippen LogP contribution in [0.4, 0.5) is 0 Å². The van der Waals surface area contributed by atoms with Crippen molar-refractivity contribution in [3.8, 4) is 5.75 Å². The van der Waals surface area contributed by atoms with Crippen molar-refractivity contribution in [3.63, 3.8) is 0 Å². The molecule has 5 nitrogen and oxygen atoms in total. The standard InChI is InChI=1S/C19H26N4O.HI/c1-14-7-5-10-18(11-14)24-16(3)12-21-19(20-4)22-13-17-9-6-8-15(2)23-17;/h5-11,16H,12-13H2,1-4H3,(H2,20,21,22);1H. The first-order valence-corrected chi connectivity index (χ1v) is 8.17. The van der Waals surface area contributed by atoms with Gasteiger partial charge < -0.3 is 15.4 Å². The summed E-state index contributed by atoms with van der Waals surface area (Å²) in [5.41, 5.74) is 3.19. The molecule has 1 heterocycles. The van der Waals surface area contributed by atoms with Gasteiger partial charge in [0, 0.05) is 12.7 Å². The molecule has 0 radical (unpaired) electrons. The van der Waals surface area contributed by atoms with Crippen molar-refractivity contribution < 1.29 is 4.74 Å². The summed E-state index contributed by atoms with van der Waals surface area (Å²) in [4.78, 5) is 8.70. The number of aliphatic imine (C=N–C) groups is 1. The Kier molecular flexibility index (Phi) is 9.26. The number of hydrogen-bond acceptors (Lipinski definition) is 3. The van der Waals surface area contributed by atoms with Crippen molar-refractivity contribution in [2.24, 2.45) is 4.99 Å². The second kappa shape index (κ2) is 10.9. The van der Waals surface area contributed by atoms with E-state index in [4.69, 9.17) is 4.74 Å². The van der Waals surface area contributed by atoms with Crippen molar-refractivity contribution in [3.05, 3.63) is 59.4 Å². The molecule has 0 saturated carbocycles. The highest BCUT2D eigenvalue weighted by Gasteiger charge is 2.06. The van der Waals surface area contributed by atoms with Gasteiger partial charge in [0.05, 0.1) is 18.8 Å². The molecule has 0 aliphatic heterocycles.